The fraction of sp³-hybridized carbons (Fsp3) is 0.909. The topological polar surface area (TPSA) is 29.5 Å². The second-order valence-electron chi connectivity index (χ2n) is 5.06. The molecule has 1 atom stereocenters. The molecule has 1 unspecified atom stereocenters. The molecule has 1 rings (SSSR count). The van der Waals surface area contributed by atoms with Gasteiger partial charge in [-0.05, 0) is 33.6 Å². The normalized spacial score (nSPS) is 31.6. The highest BCUT2D eigenvalue weighted by Gasteiger charge is 2.42. The fourth-order valence-electron chi connectivity index (χ4n) is 2.51. The lowest BCUT2D eigenvalue weighted by Crippen LogP contribution is -2.57. The van der Waals surface area contributed by atoms with Crippen molar-refractivity contribution in [2.24, 2.45) is 0 Å². The van der Waals surface area contributed by atoms with Crippen molar-refractivity contribution in [2.75, 3.05) is 13.7 Å². The molecule has 0 N–H and O–H groups in total. The van der Waals surface area contributed by atoms with Gasteiger partial charge in [-0.15, -0.1) is 0 Å². The van der Waals surface area contributed by atoms with Crippen molar-refractivity contribution in [2.45, 2.75) is 51.7 Å². The van der Waals surface area contributed by atoms with Crippen molar-refractivity contribution in [3.63, 3.8) is 0 Å². The highest BCUT2D eigenvalue weighted by Crippen LogP contribution is 2.35. The summed E-state index contributed by atoms with van der Waals surface area (Å²) in [6, 6.07) is 0. The number of hydrogen-bond acceptors (Lipinski definition) is 2. The molecule has 1 aliphatic rings. The number of methoxy groups -OCH3 is 1. The van der Waals surface area contributed by atoms with Gasteiger partial charge in [-0.3, -0.25) is 4.79 Å². The lowest BCUT2D eigenvalue weighted by atomic mass is 9.80. The number of hydrogen-bond donors (Lipinski definition) is 0. The first-order chi connectivity index (χ1) is 6.31. The first-order valence-electron chi connectivity index (χ1n) is 5.14. The van der Waals surface area contributed by atoms with Gasteiger partial charge in [0.1, 0.15) is 0 Å². The Hall–Kier alpha value is -0.570. The van der Waals surface area contributed by atoms with Crippen LogP contribution in [-0.4, -0.2) is 35.6 Å². The molecule has 0 saturated carbocycles. The molecule has 1 fully saturated rings. The fourth-order valence-corrected chi connectivity index (χ4v) is 2.51. The summed E-state index contributed by atoms with van der Waals surface area (Å²) in [4.78, 5) is 13.3. The Labute approximate surface area is 86.4 Å². The minimum atomic E-state index is -0.0884. The van der Waals surface area contributed by atoms with Gasteiger partial charge in [0.05, 0.1) is 5.60 Å². The number of carbonyl (C=O) groups excluding carboxylic acids is 1. The summed E-state index contributed by atoms with van der Waals surface area (Å²) in [5.41, 5.74) is -0.162. The molecule has 1 saturated heterocycles. The van der Waals surface area contributed by atoms with Crippen molar-refractivity contribution < 1.29 is 9.53 Å². The first-order valence-corrected chi connectivity index (χ1v) is 5.14. The maximum absolute atomic E-state index is 11.4. The Kier molecular flexibility index (Phi) is 2.91. The van der Waals surface area contributed by atoms with Crippen LogP contribution in [0.15, 0.2) is 0 Å². The smallest absolute Gasteiger partial charge is 0.219 e. The summed E-state index contributed by atoms with van der Waals surface area (Å²) in [5, 5.41) is 0. The monoisotopic (exact) mass is 199 g/mol. The van der Waals surface area contributed by atoms with Gasteiger partial charge in [0.15, 0.2) is 0 Å². The molecule has 1 heterocycles. The summed E-state index contributed by atoms with van der Waals surface area (Å²) < 4.78 is 5.50. The van der Waals surface area contributed by atoms with Gasteiger partial charge < -0.3 is 9.64 Å². The molecule has 82 valence electrons. The van der Waals surface area contributed by atoms with Gasteiger partial charge in [-0.25, -0.2) is 0 Å². The van der Waals surface area contributed by atoms with E-state index in [2.05, 4.69) is 20.8 Å². The number of nitrogens with zero attached hydrogens (tertiary/aromatic N) is 1. The Morgan fingerprint density at radius 3 is 2.29 bits per heavy atom. The number of carbonyl (C=O) groups is 1. The summed E-state index contributed by atoms with van der Waals surface area (Å²) in [5.74, 6) is 0.160. The molecule has 0 aromatic carbocycles. The van der Waals surface area contributed by atoms with Crippen molar-refractivity contribution >= 4 is 5.91 Å². The number of rotatable bonds is 1. The molecule has 14 heavy (non-hydrogen) atoms. The van der Waals surface area contributed by atoms with E-state index in [0.717, 1.165) is 19.4 Å². The van der Waals surface area contributed by atoms with E-state index in [1.54, 1.807) is 14.0 Å². The van der Waals surface area contributed by atoms with Crippen LogP contribution in [0.5, 0.6) is 0 Å². The van der Waals surface area contributed by atoms with E-state index < -0.39 is 0 Å². The highest BCUT2D eigenvalue weighted by atomic mass is 16.5. The maximum atomic E-state index is 11.4. The SMILES string of the molecule is COC1(C)CCN(C(C)=O)C(C)(C)C1. The second-order valence-corrected chi connectivity index (χ2v) is 5.06. The summed E-state index contributed by atoms with van der Waals surface area (Å²) >= 11 is 0. The largest absolute Gasteiger partial charge is 0.378 e. The van der Waals surface area contributed by atoms with Gasteiger partial charge in [0.2, 0.25) is 5.91 Å². The van der Waals surface area contributed by atoms with Crippen LogP contribution in [-0.2, 0) is 9.53 Å². The molecule has 0 bridgehead atoms. The molecule has 1 amide bonds. The molecule has 0 spiro atoms. The maximum Gasteiger partial charge on any atom is 0.219 e. The van der Waals surface area contributed by atoms with Crippen LogP contribution in [0.25, 0.3) is 0 Å². The number of likely N-dealkylation sites (tertiary alicyclic amines) is 1. The second kappa shape index (κ2) is 3.54. The van der Waals surface area contributed by atoms with E-state index >= 15 is 0 Å². The zero-order valence-corrected chi connectivity index (χ0v) is 9.89. The van der Waals surface area contributed by atoms with E-state index in [1.807, 2.05) is 4.90 Å². The number of amides is 1. The average molecular weight is 199 g/mol. The molecule has 0 aromatic heterocycles. The molecule has 3 nitrogen and oxygen atoms in total. The van der Waals surface area contributed by atoms with Crippen molar-refractivity contribution in [1.82, 2.24) is 4.90 Å². The van der Waals surface area contributed by atoms with E-state index in [9.17, 15) is 4.79 Å². The van der Waals surface area contributed by atoms with Crippen LogP contribution < -0.4 is 0 Å². The third kappa shape index (κ3) is 2.08. The number of ether oxygens (including phenoxy) is 1. The number of piperidine rings is 1. The minimum absolute atomic E-state index is 0.0740. The van der Waals surface area contributed by atoms with E-state index in [1.165, 1.54) is 0 Å². The van der Waals surface area contributed by atoms with Gasteiger partial charge in [-0.1, -0.05) is 0 Å². The molecular formula is C11H21NO2. The van der Waals surface area contributed by atoms with Crippen LogP contribution in [0, 0.1) is 0 Å². The zero-order valence-electron chi connectivity index (χ0n) is 9.89. The van der Waals surface area contributed by atoms with Gasteiger partial charge in [0, 0.05) is 26.1 Å². The Morgan fingerprint density at radius 2 is 1.93 bits per heavy atom. The summed E-state index contributed by atoms with van der Waals surface area (Å²) in [6.45, 7) is 8.76. The van der Waals surface area contributed by atoms with Crippen LogP contribution >= 0.6 is 0 Å². The molecular weight excluding hydrogens is 178 g/mol. The molecule has 0 radical (unpaired) electrons. The Bertz CT molecular complexity index is 237. The quantitative estimate of drug-likeness (QED) is 0.644. The lowest BCUT2D eigenvalue weighted by molar-refractivity contribution is -0.145. The van der Waals surface area contributed by atoms with E-state index in [4.69, 9.17) is 4.74 Å². The van der Waals surface area contributed by atoms with Crippen LogP contribution in [0.3, 0.4) is 0 Å². The first kappa shape index (κ1) is 11.5. The average Bonchev–Trinajstić information content (AvgIpc) is 2.01. The van der Waals surface area contributed by atoms with Gasteiger partial charge in [0.25, 0.3) is 0 Å². The molecule has 3 heteroatoms. The minimum Gasteiger partial charge on any atom is -0.378 e. The Morgan fingerprint density at radius 1 is 1.36 bits per heavy atom. The zero-order chi connectivity index (χ0) is 11.0. The summed E-state index contributed by atoms with van der Waals surface area (Å²) in [6.07, 6.45) is 1.82. The molecule has 1 aliphatic heterocycles. The Balaban J connectivity index is 2.80. The predicted molar refractivity (Wildman–Crippen MR) is 56.1 cm³/mol. The van der Waals surface area contributed by atoms with Crippen LogP contribution in [0.1, 0.15) is 40.5 Å². The third-order valence-electron chi connectivity index (χ3n) is 3.27. The summed E-state index contributed by atoms with van der Waals surface area (Å²) in [7, 11) is 1.75. The lowest BCUT2D eigenvalue weighted by Gasteiger charge is -2.49. The van der Waals surface area contributed by atoms with Crippen molar-refractivity contribution in [1.29, 1.82) is 0 Å². The van der Waals surface area contributed by atoms with Crippen LogP contribution in [0.4, 0.5) is 0 Å². The van der Waals surface area contributed by atoms with Crippen molar-refractivity contribution in [3.8, 4) is 0 Å². The van der Waals surface area contributed by atoms with E-state index in [-0.39, 0.29) is 17.0 Å². The highest BCUT2D eigenvalue weighted by molar-refractivity contribution is 5.74. The van der Waals surface area contributed by atoms with Gasteiger partial charge >= 0.3 is 0 Å². The predicted octanol–water partition coefficient (Wildman–Crippen LogP) is 1.81. The van der Waals surface area contributed by atoms with Crippen LogP contribution in [0.2, 0.25) is 0 Å². The molecule has 0 aromatic rings. The molecule has 0 aliphatic carbocycles. The van der Waals surface area contributed by atoms with E-state index in [0.29, 0.717) is 0 Å². The van der Waals surface area contributed by atoms with Crippen molar-refractivity contribution in [3.05, 3.63) is 0 Å². The third-order valence-corrected chi connectivity index (χ3v) is 3.27. The van der Waals surface area contributed by atoms with Gasteiger partial charge in [-0.2, -0.15) is 0 Å². The standard InChI is InChI=1S/C11H21NO2/c1-9(13)12-7-6-11(4,14-5)8-10(12,2)3/h6-8H2,1-5H3.